The lowest BCUT2D eigenvalue weighted by atomic mass is 10.3. The van der Waals surface area contributed by atoms with Gasteiger partial charge in [0, 0.05) is 24.6 Å². The van der Waals surface area contributed by atoms with Crippen molar-refractivity contribution in [1.82, 2.24) is 20.6 Å². The number of aromatic nitrogens is 2. The minimum Gasteiger partial charge on any atom is -0.480 e. The van der Waals surface area contributed by atoms with Crippen LogP contribution >= 0.6 is 25.3 Å². The van der Waals surface area contributed by atoms with Gasteiger partial charge in [0.1, 0.15) is 18.3 Å². The maximum absolute atomic E-state index is 10.6. The van der Waals surface area contributed by atoms with Crippen LogP contribution in [0.3, 0.4) is 0 Å². The number of imidazole rings is 1. The summed E-state index contributed by atoms with van der Waals surface area (Å²) < 4.78 is 0. The van der Waals surface area contributed by atoms with Crippen LogP contribution in [0.4, 0.5) is 5.95 Å². The Bertz CT molecular complexity index is 491. The van der Waals surface area contributed by atoms with Crippen molar-refractivity contribution in [1.29, 1.82) is 0 Å². The molecule has 1 aromatic rings. The van der Waals surface area contributed by atoms with Crippen LogP contribution in [0.2, 0.25) is 0 Å². The van der Waals surface area contributed by atoms with Crippen LogP contribution in [0.1, 0.15) is 0 Å². The monoisotopic (exact) mass is 381 g/mol. The van der Waals surface area contributed by atoms with Gasteiger partial charge in [-0.2, -0.15) is 25.3 Å². The van der Waals surface area contributed by atoms with Crippen molar-refractivity contribution < 1.29 is 24.7 Å². The normalized spacial score (nSPS) is 12.6. The van der Waals surface area contributed by atoms with Crippen molar-refractivity contribution in [2.24, 2.45) is 0 Å². The van der Waals surface area contributed by atoms with E-state index in [1.165, 1.54) is 12.4 Å². The summed E-state index contributed by atoms with van der Waals surface area (Å²) in [6.07, 6.45) is 2.73. The van der Waals surface area contributed by atoms with Gasteiger partial charge >= 0.3 is 17.9 Å². The van der Waals surface area contributed by atoms with Crippen molar-refractivity contribution in [3.8, 4) is 0 Å². The first-order valence-electron chi connectivity index (χ1n) is 6.61. The molecular formula is C11H19N5O6S2. The molecule has 0 radical (unpaired) electrons. The molecule has 0 unspecified atom stereocenters. The third-order valence-corrected chi connectivity index (χ3v) is 3.25. The largest absolute Gasteiger partial charge is 0.480 e. The van der Waals surface area contributed by atoms with Crippen LogP contribution in [0.25, 0.3) is 0 Å². The van der Waals surface area contributed by atoms with Crippen LogP contribution in [0, 0.1) is 10.1 Å². The number of H-pyrrole nitrogens is 1. The van der Waals surface area contributed by atoms with Gasteiger partial charge in [-0.15, -0.1) is 0 Å². The van der Waals surface area contributed by atoms with Crippen molar-refractivity contribution in [2.45, 2.75) is 12.1 Å². The highest BCUT2D eigenvalue weighted by Crippen LogP contribution is 1.96. The van der Waals surface area contributed by atoms with E-state index in [2.05, 4.69) is 45.9 Å². The van der Waals surface area contributed by atoms with Gasteiger partial charge in [0.25, 0.3) is 0 Å². The molecule has 0 aliphatic heterocycles. The molecule has 0 spiro atoms. The summed E-state index contributed by atoms with van der Waals surface area (Å²) >= 11 is 7.76. The fourth-order valence-corrected chi connectivity index (χ4v) is 1.88. The third-order valence-electron chi connectivity index (χ3n) is 2.52. The molecule has 1 aromatic heterocycles. The molecule has 5 N–H and O–H groups in total. The minimum atomic E-state index is -0.973. The topological polar surface area (TPSA) is 170 Å². The van der Waals surface area contributed by atoms with Gasteiger partial charge in [-0.05, 0) is 4.92 Å². The molecule has 0 fully saturated rings. The zero-order valence-electron chi connectivity index (χ0n) is 12.5. The van der Waals surface area contributed by atoms with E-state index in [4.69, 9.17) is 10.2 Å². The van der Waals surface area contributed by atoms with Gasteiger partial charge in [0.15, 0.2) is 0 Å². The van der Waals surface area contributed by atoms with Crippen LogP contribution in [0.15, 0.2) is 12.4 Å². The van der Waals surface area contributed by atoms with E-state index in [1.807, 2.05) is 0 Å². The first-order valence-corrected chi connectivity index (χ1v) is 7.87. The van der Waals surface area contributed by atoms with E-state index in [0.29, 0.717) is 13.1 Å². The molecule has 1 heterocycles. The molecule has 13 heteroatoms. The molecule has 0 bridgehead atoms. The number of carboxylic acid groups (broad SMARTS) is 2. The number of carbonyl (C=O) groups is 2. The van der Waals surface area contributed by atoms with Crippen LogP contribution in [-0.4, -0.2) is 73.7 Å². The Balaban J connectivity index is 0.000000546. The first-order chi connectivity index (χ1) is 11.3. The molecule has 0 aliphatic carbocycles. The van der Waals surface area contributed by atoms with Crippen molar-refractivity contribution in [3.63, 3.8) is 0 Å². The summed E-state index contributed by atoms with van der Waals surface area (Å²) in [6, 6.07) is -1.44. The molecule has 136 valence electrons. The van der Waals surface area contributed by atoms with Gasteiger partial charge in [0.05, 0.1) is 6.20 Å². The van der Waals surface area contributed by atoms with Crippen molar-refractivity contribution >= 4 is 43.1 Å². The third kappa shape index (κ3) is 9.34. The maximum atomic E-state index is 10.6. The predicted octanol–water partition coefficient (Wildman–Crippen LogP) is -0.750. The Morgan fingerprint density at radius 1 is 1.21 bits per heavy atom. The second-order valence-corrected chi connectivity index (χ2v) is 4.96. The lowest BCUT2D eigenvalue weighted by Gasteiger charge is -2.14. The van der Waals surface area contributed by atoms with Crippen molar-refractivity contribution in [3.05, 3.63) is 22.5 Å². The number of carboxylic acids is 2. The molecule has 11 nitrogen and oxygen atoms in total. The number of rotatable bonds is 10. The zero-order chi connectivity index (χ0) is 18.5. The summed E-state index contributed by atoms with van der Waals surface area (Å²) in [4.78, 5) is 36.0. The number of thiol groups is 2. The van der Waals surface area contributed by atoms with Gasteiger partial charge in [-0.25, -0.2) is 4.98 Å². The van der Waals surface area contributed by atoms with E-state index in [0.717, 1.165) is 0 Å². The number of aromatic amines is 1. The van der Waals surface area contributed by atoms with E-state index in [1.54, 1.807) is 0 Å². The Morgan fingerprint density at radius 3 is 1.88 bits per heavy atom. The number of hydrogen-bond acceptors (Lipinski definition) is 9. The summed E-state index contributed by atoms with van der Waals surface area (Å²) in [6.45, 7) is 0.712. The molecule has 0 aliphatic rings. The molecular weight excluding hydrogens is 362 g/mol. The molecule has 0 saturated carbocycles. The molecule has 1 rings (SSSR count). The smallest absolute Gasteiger partial charge is 0.432 e. The van der Waals surface area contributed by atoms with E-state index < -0.39 is 28.9 Å². The quantitative estimate of drug-likeness (QED) is 0.119. The maximum Gasteiger partial charge on any atom is 0.432 e. The highest BCUT2D eigenvalue weighted by Gasteiger charge is 2.16. The van der Waals surface area contributed by atoms with E-state index >= 15 is 0 Å². The SMILES string of the molecule is O=C(O)[C@H](CS)NCCN[C@@H](CS)C(=O)O.O=[N+]([O-])c1ncc[nH]1. The molecule has 24 heavy (non-hydrogen) atoms. The Hall–Kier alpha value is -1.83. The number of hydrogen-bond donors (Lipinski definition) is 7. The lowest BCUT2D eigenvalue weighted by molar-refractivity contribution is -0.393. The van der Waals surface area contributed by atoms with Crippen LogP contribution in [0.5, 0.6) is 0 Å². The fraction of sp³-hybridized carbons (Fsp3) is 0.545. The summed E-state index contributed by atoms with van der Waals surface area (Å²) in [7, 11) is 0. The lowest BCUT2D eigenvalue weighted by Crippen LogP contribution is -2.45. The number of aliphatic carboxylic acids is 2. The standard InChI is InChI=1S/C8H16N2O4S2.C3H3N3O2/c11-7(12)5(3-15)9-1-2-10-6(4-16)8(13)14;7-6(8)3-4-1-2-5-3/h5-6,9-10,15-16H,1-4H2,(H,11,12)(H,13,14);1-2H,(H,4,5)/t5-,6-;/m0./s1. The summed E-state index contributed by atoms with van der Waals surface area (Å²) in [5.41, 5.74) is 0. The second-order valence-electron chi connectivity index (χ2n) is 4.22. The molecule has 0 amide bonds. The van der Waals surface area contributed by atoms with Gasteiger partial charge in [0.2, 0.25) is 0 Å². The number of nitrogens with zero attached hydrogens (tertiary/aromatic N) is 2. The Labute approximate surface area is 148 Å². The summed E-state index contributed by atoms with van der Waals surface area (Å²) in [5.74, 6) is -1.79. The molecule has 0 saturated heterocycles. The van der Waals surface area contributed by atoms with Gasteiger partial charge < -0.3 is 31.0 Å². The second kappa shape index (κ2) is 12.6. The highest BCUT2D eigenvalue weighted by atomic mass is 32.1. The number of nitro groups is 1. The zero-order valence-corrected chi connectivity index (χ0v) is 14.2. The Kier molecular flexibility index (Phi) is 11.6. The highest BCUT2D eigenvalue weighted by molar-refractivity contribution is 7.80. The van der Waals surface area contributed by atoms with E-state index in [-0.39, 0.29) is 17.5 Å². The van der Waals surface area contributed by atoms with E-state index in [9.17, 15) is 19.7 Å². The predicted molar refractivity (Wildman–Crippen MR) is 91.8 cm³/mol. The average Bonchev–Trinajstić information content (AvgIpc) is 3.05. The van der Waals surface area contributed by atoms with Crippen molar-refractivity contribution in [2.75, 3.05) is 24.6 Å². The Morgan fingerprint density at radius 2 is 1.67 bits per heavy atom. The molecule has 0 aromatic carbocycles. The fourth-order valence-electron chi connectivity index (χ4n) is 1.31. The molecule has 2 atom stereocenters. The first kappa shape index (κ1) is 22.2. The minimum absolute atomic E-state index is 0.185. The summed E-state index contributed by atoms with van der Waals surface area (Å²) in [5, 5.41) is 32.6. The number of nitrogens with one attached hydrogen (secondary N) is 3. The van der Waals surface area contributed by atoms with Crippen LogP contribution < -0.4 is 10.6 Å². The average molecular weight is 381 g/mol. The van der Waals surface area contributed by atoms with Crippen LogP contribution in [-0.2, 0) is 9.59 Å². The van der Waals surface area contributed by atoms with Gasteiger partial charge in [-0.3, -0.25) is 9.59 Å². The van der Waals surface area contributed by atoms with Gasteiger partial charge in [-0.1, -0.05) is 4.98 Å².